The summed E-state index contributed by atoms with van der Waals surface area (Å²) in [6, 6.07) is 7.77. The molecule has 0 bridgehead atoms. The van der Waals surface area contributed by atoms with Crippen LogP contribution in [0.15, 0.2) is 27.9 Å². The van der Waals surface area contributed by atoms with Gasteiger partial charge in [-0.05, 0) is 56.0 Å². The van der Waals surface area contributed by atoms with Crippen molar-refractivity contribution in [3.63, 3.8) is 0 Å². The van der Waals surface area contributed by atoms with Crippen molar-refractivity contribution in [3.8, 4) is 17.6 Å². The van der Waals surface area contributed by atoms with Crippen LogP contribution < -0.4 is 20.3 Å². The molecule has 1 aliphatic rings. The standard InChI is InChI=1S/C26H30N4O4S2/c1-6-12-30-25(32)22(36-26(30)35)14-18-16(3)19(15-27)24(31)29(7-2)23(18)28-11-10-17-8-9-20(33-4)21(13-17)34-5/h8-9,13-14,28H,6-7,10-12H2,1-5H3/b22-14+. The van der Waals surface area contributed by atoms with E-state index in [4.69, 9.17) is 21.7 Å². The monoisotopic (exact) mass is 526 g/mol. The number of hydrogen-bond acceptors (Lipinski definition) is 8. The number of aromatic nitrogens is 1. The second-order valence-electron chi connectivity index (χ2n) is 8.12. The lowest BCUT2D eigenvalue weighted by atomic mass is 10.0. The van der Waals surface area contributed by atoms with Crippen LogP contribution in [0, 0.1) is 18.3 Å². The van der Waals surface area contributed by atoms with E-state index >= 15 is 0 Å². The number of methoxy groups -OCH3 is 2. The Kier molecular flexibility index (Phi) is 9.18. The van der Waals surface area contributed by atoms with Crippen LogP contribution in [-0.2, 0) is 17.8 Å². The molecule has 1 amide bonds. The van der Waals surface area contributed by atoms with Crippen LogP contribution in [-0.4, -0.2) is 47.0 Å². The minimum Gasteiger partial charge on any atom is -0.493 e. The highest BCUT2D eigenvalue weighted by atomic mass is 32.2. The van der Waals surface area contributed by atoms with Crippen LogP contribution in [0.1, 0.15) is 42.5 Å². The molecule has 1 aromatic heterocycles. The number of thiocarbonyl (C=S) groups is 1. The zero-order valence-corrected chi connectivity index (χ0v) is 22.8. The van der Waals surface area contributed by atoms with Crippen molar-refractivity contribution in [3.05, 3.63) is 55.7 Å². The van der Waals surface area contributed by atoms with Crippen LogP contribution in [0.25, 0.3) is 6.08 Å². The van der Waals surface area contributed by atoms with E-state index in [1.807, 2.05) is 38.1 Å². The van der Waals surface area contributed by atoms with E-state index in [-0.39, 0.29) is 17.0 Å². The van der Waals surface area contributed by atoms with Gasteiger partial charge in [0, 0.05) is 25.2 Å². The molecule has 0 unspecified atom stereocenters. The first-order valence-electron chi connectivity index (χ1n) is 11.7. The zero-order valence-electron chi connectivity index (χ0n) is 21.1. The molecular weight excluding hydrogens is 496 g/mol. The number of carbonyl (C=O) groups is 1. The van der Waals surface area contributed by atoms with E-state index in [1.54, 1.807) is 36.7 Å². The van der Waals surface area contributed by atoms with Crippen molar-refractivity contribution in [2.24, 2.45) is 0 Å². The Balaban J connectivity index is 2.01. The Bertz CT molecular complexity index is 1310. The van der Waals surface area contributed by atoms with Crippen LogP contribution in [0.3, 0.4) is 0 Å². The van der Waals surface area contributed by atoms with E-state index in [9.17, 15) is 14.9 Å². The molecule has 1 aliphatic heterocycles. The molecule has 2 heterocycles. The molecule has 0 radical (unpaired) electrons. The number of carbonyl (C=O) groups excluding carboxylic acids is 1. The maximum absolute atomic E-state index is 13.1. The van der Waals surface area contributed by atoms with E-state index in [1.165, 1.54) is 11.8 Å². The summed E-state index contributed by atoms with van der Waals surface area (Å²) in [7, 11) is 3.18. The van der Waals surface area contributed by atoms with Crippen molar-refractivity contribution in [1.29, 1.82) is 5.26 Å². The van der Waals surface area contributed by atoms with Gasteiger partial charge in [0.25, 0.3) is 11.5 Å². The Morgan fingerprint density at radius 2 is 1.92 bits per heavy atom. The molecule has 10 heteroatoms. The molecule has 36 heavy (non-hydrogen) atoms. The largest absolute Gasteiger partial charge is 0.493 e. The molecule has 0 saturated carbocycles. The summed E-state index contributed by atoms with van der Waals surface area (Å²) in [5.74, 6) is 1.71. The lowest BCUT2D eigenvalue weighted by Gasteiger charge is -2.19. The minimum atomic E-state index is -0.359. The summed E-state index contributed by atoms with van der Waals surface area (Å²) in [6.45, 7) is 7.00. The topological polar surface area (TPSA) is 96.6 Å². The number of amides is 1. The van der Waals surface area contributed by atoms with Crippen LogP contribution >= 0.6 is 24.0 Å². The predicted octanol–water partition coefficient (Wildman–Crippen LogP) is 4.33. The molecule has 2 aromatic rings. The van der Waals surface area contributed by atoms with E-state index in [0.717, 1.165) is 12.0 Å². The summed E-state index contributed by atoms with van der Waals surface area (Å²) in [4.78, 5) is 28.1. The van der Waals surface area contributed by atoms with Gasteiger partial charge in [-0.2, -0.15) is 5.26 Å². The van der Waals surface area contributed by atoms with Crippen molar-refractivity contribution in [2.75, 3.05) is 32.6 Å². The molecule has 8 nitrogen and oxygen atoms in total. The fraction of sp³-hybridized carbons (Fsp3) is 0.385. The molecule has 190 valence electrons. The first-order chi connectivity index (χ1) is 17.3. The Morgan fingerprint density at radius 3 is 2.53 bits per heavy atom. The number of nitrogens with zero attached hydrogens (tertiary/aromatic N) is 3. The van der Waals surface area contributed by atoms with Crippen molar-refractivity contribution < 1.29 is 14.3 Å². The summed E-state index contributed by atoms with van der Waals surface area (Å²) in [5.41, 5.74) is 1.90. The molecule has 0 spiro atoms. The Labute approximate surface area is 220 Å². The van der Waals surface area contributed by atoms with Gasteiger partial charge >= 0.3 is 0 Å². The second-order valence-corrected chi connectivity index (χ2v) is 9.80. The number of anilines is 1. The van der Waals surface area contributed by atoms with E-state index in [0.29, 0.717) is 63.7 Å². The van der Waals surface area contributed by atoms with Gasteiger partial charge in [0.05, 0.1) is 19.1 Å². The van der Waals surface area contributed by atoms with Gasteiger partial charge in [-0.1, -0.05) is 37.0 Å². The first kappa shape index (κ1) is 27.3. The fourth-order valence-electron chi connectivity index (χ4n) is 4.06. The molecule has 0 aliphatic carbocycles. The zero-order chi connectivity index (χ0) is 26.4. The number of hydrogen-bond donors (Lipinski definition) is 1. The van der Waals surface area contributed by atoms with E-state index in [2.05, 4.69) is 5.32 Å². The number of ether oxygens (including phenoxy) is 2. The fourth-order valence-corrected chi connectivity index (χ4v) is 5.35. The van der Waals surface area contributed by atoms with Crippen LogP contribution in [0.5, 0.6) is 11.5 Å². The summed E-state index contributed by atoms with van der Waals surface area (Å²) in [6.07, 6.45) is 3.19. The first-order valence-corrected chi connectivity index (χ1v) is 12.9. The number of nitrogens with one attached hydrogen (secondary N) is 1. The van der Waals surface area contributed by atoms with Gasteiger partial charge in [-0.15, -0.1) is 0 Å². The van der Waals surface area contributed by atoms with Crippen molar-refractivity contribution >= 4 is 46.1 Å². The van der Waals surface area contributed by atoms with Gasteiger partial charge in [-0.25, -0.2) is 0 Å². The molecule has 1 fully saturated rings. The number of rotatable bonds is 10. The smallest absolute Gasteiger partial charge is 0.270 e. The number of benzene rings is 1. The normalized spacial score (nSPS) is 14.3. The number of pyridine rings is 1. The third-order valence-electron chi connectivity index (χ3n) is 5.94. The number of nitriles is 1. The summed E-state index contributed by atoms with van der Waals surface area (Å²) >= 11 is 6.65. The van der Waals surface area contributed by atoms with Crippen LogP contribution in [0.4, 0.5) is 5.82 Å². The summed E-state index contributed by atoms with van der Waals surface area (Å²) in [5, 5.41) is 13.1. The second kappa shape index (κ2) is 12.1. The Morgan fingerprint density at radius 1 is 1.19 bits per heavy atom. The van der Waals surface area contributed by atoms with E-state index < -0.39 is 0 Å². The summed E-state index contributed by atoms with van der Waals surface area (Å²) < 4.78 is 12.8. The predicted molar refractivity (Wildman–Crippen MR) is 148 cm³/mol. The third-order valence-corrected chi connectivity index (χ3v) is 7.32. The highest BCUT2D eigenvalue weighted by Gasteiger charge is 2.32. The van der Waals surface area contributed by atoms with Gasteiger partial charge in [0.15, 0.2) is 11.5 Å². The highest BCUT2D eigenvalue weighted by molar-refractivity contribution is 8.26. The lowest BCUT2D eigenvalue weighted by molar-refractivity contribution is -0.122. The highest BCUT2D eigenvalue weighted by Crippen LogP contribution is 2.35. The number of thioether (sulfide) groups is 1. The molecule has 1 saturated heterocycles. The maximum atomic E-state index is 13.1. The lowest BCUT2D eigenvalue weighted by Crippen LogP contribution is -2.29. The van der Waals surface area contributed by atoms with Crippen molar-refractivity contribution in [1.82, 2.24) is 9.47 Å². The SMILES string of the molecule is CCCN1C(=O)/C(=C\c2c(C)c(C#N)c(=O)n(CC)c2NCCc2ccc(OC)c(OC)c2)SC1=S. The molecule has 1 N–H and O–H groups in total. The quantitative estimate of drug-likeness (QED) is 0.361. The third kappa shape index (κ3) is 5.42. The van der Waals surface area contributed by atoms with Gasteiger partial charge < -0.3 is 14.8 Å². The minimum absolute atomic E-state index is 0.0672. The molecule has 3 rings (SSSR count). The molecule has 0 atom stereocenters. The van der Waals surface area contributed by atoms with Gasteiger partial charge in [0.1, 0.15) is 21.8 Å². The molecule has 1 aromatic carbocycles. The van der Waals surface area contributed by atoms with Gasteiger partial charge in [0.2, 0.25) is 0 Å². The average molecular weight is 527 g/mol. The Hall–Kier alpha value is -3.29. The molecular formula is C26H30N4O4S2. The van der Waals surface area contributed by atoms with Crippen LogP contribution in [0.2, 0.25) is 0 Å². The van der Waals surface area contributed by atoms with Crippen molar-refractivity contribution in [2.45, 2.75) is 40.2 Å². The van der Waals surface area contributed by atoms with Gasteiger partial charge in [-0.3, -0.25) is 19.1 Å². The maximum Gasteiger partial charge on any atom is 0.270 e. The average Bonchev–Trinajstić information content (AvgIpc) is 3.14.